The van der Waals surface area contributed by atoms with Gasteiger partial charge < -0.3 is 0 Å². The lowest BCUT2D eigenvalue weighted by atomic mass is 9.99. The van der Waals surface area contributed by atoms with E-state index in [0.717, 1.165) is 21.6 Å². The van der Waals surface area contributed by atoms with Crippen molar-refractivity contribution in [3.05, 3.63) is 96.2 Å². The van der Waals surface area contributed by atoms with Gasteiger partial charge >= 0.3 is 0 Å². The summed E-state index contributed by atoms with van der Waals surface area (Å²) in [5, 5.41) is 10.8. The number of nitrogens with zero attached hydrogens (tertiary/aromatic N) is 1. The SMILES string of the molecule is Cc1ccc(C#Cc2sc(C)c(C)c2C(=O)c2ccc([N+](=O)[O-])cc2)cc1. The van der Waals surface area contributed by atoms with Crippen LogP contribution in [-0.4, -0.2) is 10.7 Å². The number of benzene rings is 2. The van der Waals surface area contributed by atoms with Crippen LogP contribution in [0.3, 0.4) is 0 Å². The number of thiophene rings is 1. The van der Waals surface area contributed by atoms with Crippen molar-refractivity contribution >= 4 is 22.8 Å². The Morgan fingerprint density at radius 3 is 2.19 bits per heavy atom. The van der Waals surface area contributed by atoms with Gasteiger partial charge in [-0.1, -0.05) is 23.6 Å². The fourth-order valence-corrected chi connectivity index (χ4v) is 3.64. The standard InChI is InChI=1S/C22H17NO3S/c1-14-4-6-17(7-5-14)8-13-20-21(15(2)16(3)27-20)22(24)18-9-11-19(12-10-18)23(25)26/h4-7,9-12H,1-3H3. The number of hydrogen-bond donors (Lipinski definition) is 0. The van der Waals surface area contributed by atoms with Crippen LogP contribution in [0, 0.1) is 42.7 Å². The minimum atomic E-state index is -0.479. The van der Waals surface area contributed by atoms with Gasteiger partial charge in [0.2, 0.25) is 0 Å². The highest BCUT2D eigenvalue weighted by Crippen LogP contribution is 2.29. The minimum absolute atomic E-state index is 0.0378. The highest BCUT2D eigenvalue weighted by Gasteiger charge is 2.20. The van der Waals surface area contributed by atoms with Gasteiger partial charge in [0.15, 0.2) is 5.78 Å². The maximum Gasteiger partial charge on any atom is 0.269 e. The van der Waals surface area contributed by atoms with Crippen molar-refractivity contribution in [3.8, 4) is 11.8 Å². The molecule has 5 heteroatoms. The third-order valence-corrected chi connectivity index (χ3v) is 5.45. The van der Waals surface area contributed by atoms with E-state index in [-0.39, 0.29) is 11.5 Å². The number of rotatable bonds is 3. The zero-order valence-electron chi connectivity index (χ0n) is 15.2. The minimum Gasteiger partial charge on any atom is -0.289 e. The lowest BCUT2D eigenvalue weighted by Crippen LogP contribution is -2.04. The van der Waals surface area contributed by atoms with Gasteiger partial charge in [0.05, 0.1) is 15.4 Å². The van der Waals surface area contributed by atoms with Crippen LogP contribution in [0.25, 0.3) is 0 Å². The number of non-ortho nitro benzene ring substituents is 1. The van der Waals surface area contributed by atoms with Crippen molar-refractivity contribution in [2.75, 3.05) is 0 Å². The largest absolute Gasteiger partial charge is 0.289 e. The van der Waals surface area contributed by atoms with Crippen molar-refractivity contribution in [2.24, 2.45) is 0 Å². The molecular weight excluding hydrogens is 358 g/mol. The number of carbonyl (C=O) groups is 1. The first-order valence-electron chi connectivity index (χ1n) is 8.34. The van der Waals surface area contributed by atoms with Crippen molar-refractivity contribution in [1.82, 2.24) is 0 Å². The summed E-state index contributed by atoms with van der Waals surface area (Å²) in [6.07, 6.45) is 0. The van der Waals surface area contributed by atoms with Crippen LogP contribution in [0.15, 0.2) is 48.5 Å². The molecular formula is C22H17NO3S. The second-order valence-corrected chi connectivity index (χ2v) is 7.46. The number of aryl methyl sites for hydroxylation is 2. The molecule has 0 aliphatic heterocycles. The molecule has 0 bridgehead atoms. The van der Waals surface area contributed by atoms with Gasteiger partial charge in [-0.15, -0.1) is 11.3 Å². The van der Waals surface area contributed by atoms with E-state index >= 15 is 0 Å². The third kappa shape index (κ3) is 3.97. The molecule has 0 saturated carbocycles. The van der Waals surface area contributed by atoms with E-state index in [0.29, 0.717) is 16.0 Å². The van der Waals surface area contributed by atoms with E-state index in [1.165, 1.54) is 35.6 Å². The van der Waals surface area contributed by atoms with Gasteiger partial charge in [-0.05, 0) is 56.5 Å². The fourth-order valence-electron chi connectivity index (χ4n) is 2.63. The number of ketones is 1. The lowest BCUT2D eigenvalue weighted by Gasteiger charge is -2.02. The smallest absolute Gasteiger partial charge is 0.269 e. The number of carbonyl (C=O) groups excluding carboxylic acids is 1. The van der Waals surface area contributed by atoms with Crippen LogP contribution in [-0.2, 0) is 0 Å². The van der Waals surface area contributed by atoms with Gasteiger partial charge in [0.25, 0.3) is 5.69 Å². The Morgan fingerprint density at radius 1 is 0.963 bits per heavy atom. The summed E-state index contributed by atoms with van der Waals surface area (Å²) in [7, 11) is 0. The molecule has 1 heterocycles. The summed E-state index contributed by atoms with van der Waals surface area (Å²) in [5.74, 6) is 6.08. The van der Waals surface area contributed by atoms with Crippen LogP contribution < -0.4 is 0 Å². The maximum atomic E-state index is 13.0. The van der Waals surface area contributed by atoms with E-state index in [4.69, 9.17) is 0 Å². The number of hydrogen-bond acceptors (Lipinski definition) is 4. The summed E-state index contributed by atoms with van der Waals surface area (Å²) >= 11 is 1.49. The normalized spacial score (nSPS) is 10.2. The van der Waals surface area contributed by atoms with Crippen molar-refractivity contribution < 1.29 is 9.72 Å². The molecule has 134 valence electrons. The van der Waals surface area contributed by atoms with Crippen LogP contribution >= 0.6 is 11.3 Å². The average Bonchev–Trinajstić information content (AvgIpc) is 2.94. The second kappa shape index (κ2) is 7.56. The molecule has 0 spiro atoms. The fraction of sp³-hybridized carbons (Fsp3) is 0.136. The molecule has 27 heavy (non-hydrogen) atoms. The van der Waals surface area contributed by atoms with Crippen LogP contribution in [0.2, 0.25) is 0 Å². The zero-order valence-corrected chi connectivity index (χ0v) is 16.0. The summed E-state index contributed by atoms with van der Waals surface area (Å²) < 4.78 is 0. The summed E-state index contributed by atoms with van der Waals surface area (Å²) in [5.41, 5.74) is 3.90. The van der Waals surface area contributed by atoms with E-state index in [9.17, 15) is 14.9 Å². The molecule has 0 saturated heterocycles. The monoisotopic (exact) mass is 375 g/mol. The molecule has 4 nitrogen and oxygen atoms in total. The average molecular weight is 375 g/mol. The third-order valence-electron chi connectivity index (χ3n) is 4.32. The van der Waals surface area contributed by atoms with E-state index in [2.05, 4.69) is 11.8 Å². The first kappa shape index (κ1) is 18.6. The molecule has 3 aromatic rings. The molecule has 0 amide bonds. The predicted octanol–water partition coefficient (Wildman–Crippen LogP) is 5.21. The first-order valence-corrected chi connectivity index (χ1v) is 9.16. The predicted molar refractivity (Wildman–Crippen MR) is 107 cm³/mol. The zero-order chi connectivity index (χ0) is 19.6. The molecule has 0 aliphatic rings. The molecule has 0 aliphatic carbocycles. The van der Waals surface area contributed by atoms with Gasteiger partial charge in [0.1, 0.15) is 0 Å². The summed E-state index contributed by atoms with van der Waals surface area (Å²) in [6.45, 7) is 5.88. The van der Waals surface area contributed by atoms with Crippen LogP contribution in [0.1, 0.15) is 42.4 Å². The first-order chi connectivity index (χ1) is 12.9. The van der Waals surface area contributed by atoms with Gasteiger partial charge in [-0.3, -0.25) is 14.9 Å². The lowest BCUT2D eigenvalue weighted by molar-refractivity contribution is -0.384. The summed E-state index contributed by atoms with van der Waals surface area (Å²) in [6, 6.07) is 13.6. The van der Waals surface area contributed by atoms with Crippen molar-refractivity contribution in [2.45, 2.75) is 20.8 Å². The van der Waals surface area contributed by atoms with E-state index in [1.54, 1.807) is 0 Å². The molecule has 1 aromatic heterocycles. The molecule has 0 radical (unpaired) electrons. The highest BCUT2D eigenvalue weighted by atomic mass is 32.1. The van der Waals surface area contributed by atoms with Gasteiger partial charge in [-0.2, -0.15) is 0 Å². The van der Waals surface area contributed by atoms with E-state index in [1.807, 2.05) is 45.0 Å². The molecule has 2 aromatic carbocycles. The van der Waals surface area contributed by atoms with Crippen LogP contribution in [0.4, 0.5) is 5.69 Å². The summed E-state index contributed by atoms with van der Waals surface area (Å²) in [4.78, 5) is 25.1. The second-order valence-electron chi connectivity index (χ2n) is 6.24. The Hall–Kier alpha value is -3.23. The molecule has 0 fully saturated rings. The molecule has 0 atom stereocenters. The molecule has 3 rings (SSSR count). The Morgan fingerprint density at radius 2 is 1.59 bits per heavy atom. The highest BCUT2D eigenvalue weighted by molar-refractivity contribution is 7.13. The Labute approximate surface area is 161 Å². The Kier molecular flexibility index (Phi) is 5.20. The Bertz CT molecular complexity index is 1080. The van der Waals surface area contributed by atoms with Gasteiger partial charge in [0, 0.05) is 28.1 Å². The number of nitro benzene ring substituents is 1. The van der Waals surface area contributed by atoms with Crippen LogP contribution in [0.5, 0.6) is 0 Å². The quantitative estimate of drug-likeness (QED) is 0.273. The Balaban J connectivity index is 1.99. The van der Waals surface area contributed by atoms with Gasteiger partial charge in [-0.25, -0.2) is 0 Å². The van der Waals surface area contributed by atoms with E-state index < -0.39 is 4.92 Å². The maximum absolute atomic E-state index is 13.0. The van der Waals surface area contributed by atoms with Crippen molar-refractivity contribution in [1.29, 1.82) is 0 Å². The molecule has 0 N–H and O–H groups in total. The number of nitro groups is 1. The topological polar surface area (TPSA) is 60.2 Å². The van der Waals surface area contributed by atoms with Crippen molar-refractivity contribution in [3.63, 3.8) is 0 Å². The molecule has 0 unspecified atom stereocenters.